The predicted molar refractivity (Wildman–Crippen MR) is 87.5 cm³/mol. The number of benzene rings is 1. The number of amides is 1. The Morgan fingerprint density at radius 3 is 2.62 bits per heavy atom. The Bertz CT molecular complexity index is 527. The summed E-state index contributed by atoms with van der Waals surface area (Å²) in [4.78, 5) is 12.7. The zero-order valence-corrected chi connectivity index (χ0v) is 14.0. The normalized spacial score (nSPS) is 15.5. The Labute approximate surface area is 128 Å². The molecule has 1 aromatic rings. The SMILES string of the molecule is CC(C)(C)CC(C)(C)NC(=O)c1cccc2c1CCNC2. The van der Waals surface area contributed by atoms with E-state index in [1.54, 1.807) is 0 Å². The van der Waals surface area contributed by atoms with Crippen molar-refractivity contribution in [2.45, 2.75) is 59.5 Å². The molecule has 0 fully saturated rings. The lowest BCUT2D eigenvalue weighted by molar-refractivity contribution is 0.0890. The Morgan fingerprint density at radius 1 is 1.24 bits per heavy atom. The molecule has 3 heteroatoms. The van der Waals surface area contributed by atoms with Crippen molar-refractivity contribution >= 4 is 5.91 Å². The number of hydrogen-bond acceptors (Lipinski definition) is 2. The molecule has 0 saturated heterocycles. The molecule has 116 valence electrons. The van der Waals surface area contributed by atoms with E-state index >= 15 is 0 Å². The third-order valence-corrected chi connectivity index (χ3v) is 3.81. The molecular formula is C18H28N2O. The molecule has 3 nitrogen and oxygen atoms in total. The van der Waals surface area contributed by atoms with Crippen LogP contribution in [0, 0.1) is 5.41 Å². The fourth-order valence-electron chi connectivity index (χ4n) is 3.49. The number of carbonyl (C=O) groups is 1. The van der Waals surface area contributed by atoms with Crippen molar-refractivity contribution in [2.75, 3.05) is 6.54 Å². The highest BCUT2D eigenvalue weighted by atomic mass is 16.1. The van der Waals surface area contributed by atoms with E-state index in [2.05, 4.69) is 51.3 Å². The first-order valence-electron chi connectivity index (χ1n) is 7.82. The number of nitrogens with one attached hydrogen (secondary N) is 2. The molecule has 2 rings (SSSR count). The van der Waals surface area contributed by atoms with Gasteiger partial charge in [0.05, 0.1) is 0 Å². The van der Waals surface area contributed by atoms with E-state index in [0.717, 1.165) is 31.5 Å². The molecule has 1 aliphatic heterocycles. The number of fused-ring (bicyclic) bond motifs is 1. The molecule has 0 saturated carbocycles. The van der Waals surface area contributed by atoms with Crippen LogP contribution in [0.5, 0.6) is 0 Å². The summed E-state index contributed by atoms with van der Waals surface area (Å²) in [6.07, 6.45) is 1.88. The second-order valence-corrected chi connectivity index (χ2v) is 7.95. The van der Waals surface area contributed by atoms with Gasteiger partial charge < -0.3 is 10.6 Å². The molecular weight excluding hydrogens is 260 g/mol. The second kappa shape index (κ2) is 5.80. The van der Waals surface area contributed by atoms with Gasteiger partial charge >= 0.3 is 0 Å². The van der Waals surface area contributed by atoms with Gasteiger partial charge in [-0.3, -0.25) is 4.79 Å². The van der Waals surface area contributed by atoms with Crippen LogP contribution in [0.1, 0.15) is 62.5 Å². The summed E-state index contributed by atoms with van der Waals surface area (Å²) in [6.45, 7) is 12.6. The summed E-state index contributed by atoms with van der Waals surface area (Å²) in [5, 5.41) is 6.57. The van der Waals surface area contributed by atoms with E-state index < -0.39 is 0 Å². The maximum absolute atomic E-state index is 12.7. The summed E-state index contributed by atoms with van der Waals surface area (Å²) >= 11 is 0. The van der Waals surface area contributed by atoms with Crippen molar-refractivity contribution in [3.05, 3.63) is 34.9 Å². The number of hydrogen-bond donors (Lipinski definition) is 2. The molecule has 0 unspecified atom stereocenters. The van der Waals surface area contributed by atoms with E-state index in [1.165, 1.54) is 11.1 Å². The zero-order chi connectivity index (χ0) is 15.7. The van der Waals surface area contributed by atoms with Crippen LogP contribution in [-0.4, -0.2) is 18.0 Å². The van der Waals surface area contributed by atoms with Crippen LogP contribution >= 0.6 is 0 Å². The minimum atomic E-state index is -0.203. The molecule has 0 spiro atoms. The van der Waals surface area contributed by atoms with Gasteiger partial charge in [0.1, 0.15) is 0 Å². The standard InChI is InChI=1S/C18H28N2O/c1-17(2,3)12-18(4,5)20-16(21)15-8-6-7-13-11-19-10-9-14(13)15/h6-8,19H,9-12H2,1-5H3,(H,20,21). The van der Waals surface area contributed by atoms with E-state index in [4.69, 9.17) is 0 Å². The third kappa shape index (κ3) is 4.31. The summed E-state index contributed by atoms with van der Waals surface area (Å²) in [5.74, 6) is 0.0583. The molecule has 0 atom stereocenters. The van der Waals surface area contributed by atoms with Gasteiger partial charge in [0.2, 0.25) is 0 Å². The first-order valence-corrected chi connectivity index (χ1v) is 7.82. The molecule has 1 aromatic carbocycles. The predicted octanol–water partition coefficient (Wildman–Crippen LogP) is 3.28. The minimum absolute atomic E-state index is 0.0583. The van der Waals surface area contributed by atoms with Crippen molar-refractivity contribution in [3.63, 3.8) is 0 Å². The van der Waals surface area contributed by atoms with Crippen molar-refractivity contribution < 1.29 is 4.79 Å². The monoisotopic (exact) mass is 288 g/mol. The molecule has 0 bridgehead atoms. The van der Waals surface area contributed by atoms with Crippen LogP contribution < -0.4 is 10.6 Å². The van der Waals surface area contributed by atoms with Crippen molar-refractivity contribution in [1.82, 2.24) is 10.6 Å². The Hall–Kier alpha value is -1.35. The lowest BCUT2D eigenvalue weighted by Crippen LogP contribution is -2.46. The van der Waals surface area contributed by atoms with Gasteiger partial charge in [0, 0.05) is 17.6 Å². The van der Waals surface area contributed by atoms with Crippen LogP contribution in [0.4, 0.5) is 0 Å². The molecule has 21 heavy (non-hydrogen) atoms. The minimum Gasteiger partial charge on any atom is -0.347 e. The highest BCUT2D eigenvalue weighted by Gasteiger charge is 2.28. The fraction of sp³-hybridized carbons (Fsp3) is 0.611. The van der Waals surface area contributed by atoms with Crippen molar-refractivity contribution in [1.29, 1.82) is 0 Å². The van der Waals surface area contributed by atoms with Gasteiger partial charge in [-0.2, -0.15) is 0 Å². The van der Waals surface area contributed by atoms with Crippen LogP contribution in [0.25, 0.3) is 0 Å². The second-order valence-electron chi connectivity index (χ2n) is 7.95. The Kier molecular flexibility index (Phi) is 4.43. The first kappa shape index (κ1) is 16.0. The molecule has 0 aromatic heterocycles. The van der Waals surface area contributed by atoms with Gasteiger partial charge in [-0.15, -0.1) is 0 Å². The van der Waals surface area contributed by atoms with Crippen LogP contribution in [0.2, 0.25) is 0 Å². The van der Waals surface area contributed by atoms with Crippen LogP contribution in [0.15, 0.2) is 18.2 Å². The van der Waals surface area contributed by atoms with E-state index in [9.17, 15) is 4.79 Å². The van der Waals surface area contributed by atoms with Crippen LogP contribution in [0.3, 0.4) is 0 Å². The summed E-state index contributed by atoms with van der Waals surface area (Å²) < 4.78 is 0. The van der Waals surface area contributed by atoms with Crippen molar-refractivity contribution in [2.24, 2.45) is 5.41 Å². The molecule has 0 radical (unpaired) electrons. The number of rotatable bonds is 3. The van der Waals surface area contributed by atoms with Gasteiger partial charge in [-0.1, -0.05) is 32.9 Å². The lowest BCUT2D eigenvalue weighted by atomic mass is 9.81. The highest BCUT2D eigenvalue weighted by molar-refractivity contribution is 5.96. The Balaban J connectivity index is 2.18. The maximum atomic E-state index is 12.7. The van der Waals surface area contributed by atoms with Gasteiger partial charge in [0.25, 0.3) is 5.91 Å². The summed E-state index contributed by atoms with van der Waals surface area (Å²) in [5.41, 5.74) is 3.29. The lowest BCUT2D eigenvalue weighted by Gasteiger charge is -2.33. The molecule has 1 amide bonds. The van der Waals surface area contributed by atoms with E-state index in [1.807, 2.05) is 12.1 Å². The zero-order valence-electron chi connectivity index (χ0n) is 14.0. The average molecular weight is 288 g/mol. The quantitative estimate of drug-likeness (QED) is 0.896. The molecule has 1 heterocycles. The third-order valence-electron chi connectivity index (χ3n) is 3.81. The smallest absolute Gasteiger partial charge is 0.251 e. The Morgan fingerprint density at radius 2 is 1.95 bits per heavy atom. The van der Waals surface area contributed by atoms with Gasteiger partial charge in [-0.05, 0) is 55.8 Å². The largest absolute Gasteiger partial charge is 0.347 e. The summed E-state index contributed by atoms with van der Waals surface area (Å²) in [7, 11) is 0. The van der Waals surface area contributed by atoms with Crippen LogP contribution in [-0.2, 0) is 13.0 Å². The van der Waals surface area contributed by atoms with E-state index in [-0.39, 0.29) is 16.9 Å². The molecule has 0 aliphatic carbocycles. The van der Waals surface area contributed by atoms with Gasteiger partial charge in [-0.25, -0.2) is 0 Å². The highest BCUT2D eigenvalue weighted by Crippen LogP contribution is 2.27. The van der Waals surface area contributed by atoms with Gasteiger partial charge in [0.15, 0.2) is 0 Å². The average Bonchev–Trinajstić information content (AvgIpc) is 2.34. The molecule has 1 aliphatic rings. The first-order chi connectivity index (χ1) is 9.68. The molecule has 2 N–H and O–H groups in total. The van der Waals surface area contributed by atoms with Crippen molar-refractivity contribution in [3.8, 4) is 0 Å². The topological polar surface area (TPSA) is 41.1 Å². The van der Waals surface area contributed by atoms with E-state index in [0.29, 0.717) is 0 Å². The summed E-state index contributed by atoms with van der Waals surface area (Å²) in [6, 6.07) is 6.04. The maximum Gasteiger partial charge on any atom is 0.251 e. The number of carbonyl (C=O) groups excluding carboxylic acids is 1. The fourth-order valence-corrected chi connectivity index (χ4v) is 3.49.